The van der Waals surface area contributed by atoms with Gasteiger partial charge in [-0.25, -0.2) is 4.98 Å². The zero-order chi connectivity index (χ0) is 16.3. The number of allylic oxidation sites excluding steroid dienone is 1. The second-order valence-corrected chi connectivity index (χ2v) is 6.53. The lowest BCUT2D eigenvalue weighted by molar-refractivity contribution is 0.480. The van der Waals surface area contributed by atoms with Gasteiger partial charge in [-0.3, -0.25) is 0 Å². The van der Waals surface area contributed by atoms with Crippen molar-refractivity contribution >= 4 is 29.4 Å². The SMILES string of the molecule is Cc1nc(N)nc(N)c1/C=C/C(C)(C)Cc1ccc(Cl)cc1. The predicted octanol–water partition coefficient (Wildman–Crippen LogP) is 3.88. The minimum absolute atomic E-state index is 0.0336. The van der Waals surface area contributed by atoms with Crippen molar-refractivity contribution in [1.29, 1.82) is 0 Å². The number of nitrogen functional groups attached to an aromatic ring is 2. The quantitative estimate of drug-likeness (QED) is 0.897. The Bertz CT molecular complexity index is 667. The second kappa shape index (κ2) is 6.36. The molecule has 1 aromatic carbocycles. The molecule has 0 aliphatic heterocycles. The van der Waals surface area contributed by atoms with Crippen molar-refractivity contribution in [3.8, 4) is 0 Å². The van der Waals surface area contributed by atoms with E-state index in [9.17, 15) is 0 Å². The highest BCUT2D eigenvalue weighted by atomic mass is 35.5. The van der Waals surface area contributed by atoms with Crippen LogP contribution in [0.15, 0.2) is 30.3 Å². The Morgan fingerprint density at radius 3 is 2.36 bits per heavy atom. The number of hydrogen-bond donors (Lipinski definition) is 2. The summed E-state index contributed by atoms with van der Waals surface area (Å²) in [5.74, 6) is 0.608. The molecule has 116 valence electrons. The van der Waals surface area contributed by atoms with E-state index in [0.717, 1.165) is 22.7 Å². The van der Waals surface area contributed by atoms with Gasteiger partial charge in [0.15, 0.2) is 0 Å². The van der Waals surface area contributed by atoms with Crippen molar-refractivity contribution in [3.63, 3.8) is 0 Å². The van der Waals surface area contributed by atoms with Crippen LogP contribution in [0.25, 0.3) is 6.08 Å². The standard InChI is InChI=1S/C17H21ClN4/c1-11-14(15(19)22-16(20)21-11)8-9-17(2,3)10-12-4-6-13(18)7-5-12/h4-9H,10H2,1-3H3,(H4,19,20,21,22)/b9-8+. The van der Waals surface area contributed by atoms with E-state index in [-0.39, 0.29) is 11.4 Å². The van der Waals surface area contributed by atoms with Crippen molar-refractivity contribution in [2.45, 2.75) is 27.2 Å². The summed E-state index contributed by atoms with van der Waals surface area (Å²) >= 11 is 5.92. The van der Waals surface area contributed by atoms with Crippen LogP contribution in [0, 0.1) is 12.3 Å². The molecule has 1 aromatic heterocycles. The van der Waals surface area contributed by atoms with E-state index in [1.165, 1.54) is 5.56 Å². The van der Waals surface area contributed by atoms with Gasteiger partial charge >= 0.3 is 0 Å². The molecule has 1 heterocycles. The second-order valence-electron chi connectivity index (χ2n) is 6.09. The van der Waals surface area contributed by atoms with Gasteiger partial charge in [0.2, 0.25) is 5.95 Å². The van der Waals surface area contributed by atoms with Gasteiger partial charge < -0.3 is 11.5 Å². The maximum Gasteiger partial charge on any atom is 0.222 e. The summed E-state index contributed by atoms with van der Waals surface area (Å²) < 4.78 is 0. The average Bonchev–Trinajstić information content (AvgIpc) is 2.40. The maximum absolute atomic E-state index is 5.92. The van der Waals surface area contributed by atoms with Crippen LogP contribution in [0.1, 0.15) is 30.7 Å². The number of halogens is 1. The molecule has 0 aliphatic carbocycles. The summed E-state index contributed by atoms with van der Waals surface area (Å²) in [5.41, 5.74) is 14.3. The highest BCUT2D eigenvalue weighted by molar-refractivity contribution is 6.30. The molecule has 5 heteroatoms. The van der Waals surface area contributed by atoms with Crippen LogP contribution >= 0.6 is 11.6 Å². The van der Waals surface area contributed by atoms with Gasteiger partial charge in [0, 0.05) is 10.6 Å². The predicted molar refractivity (Wildman–Crippen MR) is 93.6 cm³/mol. The molecule has 4 nitrogen and oxygen atoms in total. The van der Waals surface area contributed by atoms with Crippen molar-refractivity contribution in [1.82, 2.24) is 9.97 Å². The molecule has 0 aliphatic rings. The van der Waals surface area contributed by atoms with Gasteiger partial charge in [-0.05, 0) is 36.5 Å². The molecule has 0 atom stereocenters. The normalized spacial score (nSPS) is 12.0. The smallest absolute Gasteiger partial charge is 0.222 e. The molecule has 0 fully saturated rings. The fraction of sp³-hybridized carbons (Fsp3) is 0.294. The number of rotatable bonds is 4. The zero-order valence-electron chi connectivity index (χ0n) is 13.1. The molecule has 0 bridgehead atoms. The first-order valence-corrected chi connectivity index (χ1v) is 7.48. The van der Waals surface area contributed by atoms with E-state index in [0.29, 0.717) is 5.82 Å². The third-order valence-corrected chi connectivity index (χ3v) is 3.71. The fourth-order valence-corrected chi connectivity index (χ4v) is 2.45. The first-order valence-electron chi connectivity index (χ1n) is 7.10. The largest absolute Gasteiger partial charge is 0.383 e. The molecule has 0 saturated heterocycles. The van der Waals surface area contributed by atoms with E-state index in [4.69, 9.17) is 23.1 Å². The Kier molecular flexibility index (Phi) is 4.71. The van der Waals surface area contributed by atoms with Gasteiger partial charge in [-0.2, -0.15) is 4.98 Å². The zero-order valence-corrected chi connectivity index (χ0v) is 13.9. The summed E-state index contributed by atoms with van der Waals surface area (Å²) in [6.45, 7) is 6.21. The first kappa shape index (κ1) is 16.3. The first-order chi connectivity index (χ1) is 10.3. The van der Waals surface area contributed by atoms with Crippen LogP contribution in [-0.2, 0) is 6.42 Å². The summed E-state index contributed by atoms with van der Waals surface area (Å²) in [7, 11) is 0. The van der Waals surface area contributed by atoms with Crippen LogP contribution in [-0.4, -0.2) is 9.97 Å². The van der Waals surface area contributed by atoms with E-state index in [1.54, 1.807) is 0 Å². The Labute approximate surface area is 136 Å². The highest BCUT2D eigenvalue weighted by Crippen LogP contribution is 2.27. The van der Waals surface area contributed by atoms with Crippen LogP contribution in [0.5, 0.6) is 0 Å². The minimum atomic E-state index is -0.0336. The lowest BCUT2D eigenvalue weighted by Crippen LogP contribution is -2.11. The molecule has 0 saturated carbocycles. The number of aryl methyl sites for hydroxylation is 1. The average molecular weight is 317 g/mol. The molecular weight excluding hydrogens is 296 g/mol. The van der Waals surface area contributed by atoms with Crippen molar-refractivity contribution < 1.29 is 0 Å². The number of benzene rings is 1. The lowest BCUT2D eigenvalue weighted by atomic mass is 9.85. The summed E-state index contributed by atoms with van der Waals surface area (Å²) in [5, 5.41) is 0.750. The van der Waals surface area contributed by atoms with E-state index in [2.05, 4.69) is 29.9 Å². The number of nitrogens with zero attached hydrogens (tertiary/aromatic N) is 2. The number of aromatic nitrogens is 2. The molecule has 0 unspecified atom stereocenters. The van der Waals surface area contributed by atoms with Gasteiger partial charge in [0.1, 0.15) is 5.82 Å². The Morgan fingerprint density at radius 1 is 1.14 bits per heavy atom. The summed E-state index contributed by atoms with van der Waals surface area (Å²) in [4.78, 5) is 8.16. The molecule has 0 amide bonds. The van der Waals surface area contributed by atoms with Gasteiger partial charge in [-0.15, -0.1) is 0 Å². The van der Waals surface area contributed by atoms with E-state index < -0.39 is 0 Å². The van der Waals surface area contributed by atoms with Gasteiger partial charge in [-0.1, -0.05) is 49.7 Å². The number of hydrogen-bond acceptors (Lipinski definition) is 4. The van der Waals surface area contributed by atoms with E-state index >= 15 is 0 Å². The summed E-state index contributed by atoms with van der Waals surface area (Å²) in [6.07, 6.45) is 5.00. The lowest BCUT2D eigenvalue weighted by Gasteiger charge is -2.20. The third-order valence-electron chi connectivity index (χ3n) is 3.46. The molecule has 4 N–H and O–H groups in total. The van der Waals surface area contributed by atoms with Crippen LogP contribution < -0.4 is 11.5 Å². The number of nitrogens with two attached hydrogens (primary N) is 2. The van der Waals surface area contributed by atoms with Crippen molar-refractivity contribution in [3.05, 3.63) is 52.2 Å². The van der Waals surface area contributed by atoms with Crippen molar-refractivity contribution in [2.24, 2.45) is 5.41 Å². The monoisotopic (exact) mass is 316 g/mol. The third kappa shape index (κ3) is 4.21. The van der Waals surface area contributed by atoms with Crippen LogP contribution in [0.2, 0.25) is 5.02 Å². The minimum Gasteiger partial charge on any atom is -0.383 e. The van der Waals surface area contributed by atoms with Gasteiger partial charge in [0.25, 0.3) is 0 Å². The molecule has 0 radical (unpaired) electrons. The Balaban J connectivity index is 2.19. The molecular formula is C17H21ClN4. The molecule has 0 spiro atoms. The number of anilines is 2. The summed E-state index contributed by atoms with van der Waals surface area (Å²) in [6, 6.07) is 7.91. The highest BCUT2D eigenvalue weighted by Gasteiger charge is 2.15. The Hall–Kier alpha value is -2.07. The van der Waals surface area contributed by atoms with Crippen molar-refractivity contribution in [2.75, 3.05) is 11.5 Å². The van der Waals surface area contributed by atoms with Crippen LogP contribution in [0.3, 0.4) is 0 Å². The molecule has 2 rings (SSSR count). The maximum atomic E-state index is 5.92. The van der Waals surface area contributed by atoms with E-state index in [1.807, 2.05) is 37.3 Å². The van der Waals surface area contributed by atoms with Gasteiger partial charge in [0.05, 0.1) is 5.69 Å². The van der Waals surface area contributed by atoms with Crippen LogP contribution in [0.4, 0.5) is 11.8 Å². The fourth-order valence-electron chi connectivity index (χ4n) is 2.33. The topological polar surface area (TPSA) is 77.8 Å². The molecule has 22 heavy (non-hydrogen) atoms. The molecule has 2 aromatic rings. The Morgan fingerprint density at radius 2 is 1.77 bits per heavy atom.